The highest BCUT2D eigenvalue weighted by atomic mass is 35.5. The smallest absolute Gasteiger partial charge is 0.137 e. The van der Waals surface area contributed by atoms with Gasteiger partial charge in [0.05, 0.1) is 18.2 Å². The lowest BCUT2D eigenvalue weighted by molar-refractivity contribution is 0.0689. The first-order valence-corrected chi connectivity index (χ1v) is 7.39. The second-order valence-corrected chi connectivity index (χ2v) is 5.63. The fourth-order valence-corrected chi connectivity index (χ4v) is 2.96. The number of rotatable bonds is 6. The summed E-state index contributed by atoms with van der Waals surface area (Å²) in [6.45, 7) is 2.32. The molecule has 0 bridgehead atoms. The van der Waals surface area contributed by atoms with Crippen molar-refractivity contribution in [2.24, 2.45) is 5.73 Å². The molecule has 0 radical (unpaired) electrons. The van der Waals surface area contributed by atoms with Gasteiger partial charge in [-0.15, -0.1) is 0 Å². The van der Waals surface area contributed by atoms with Crippen LogP contribution in [0.15, 0.2) is 18.2 Å². The molecule has 2 atom stereocenters. The summed E-state index contributed by atoms with van der Waals surface area (Å²) in [4.78, 5) is 2.24. The Balaban J connectivity index is 2.07. The number of hydrogen-bond acceptors (Lipinski definition) is 4. The number of likely N-dealkylation sites (N-methyl/N-ethyl adjacent to an activating group) is 1. The summed E-state index contributed by atoms with van der Waals surface area (Å²) < 4.78 is 10.9. The van der Waals surface area contributed by atoms with Gasteiger partial charge in [0, 0.05) is 25.7 Å². The van der Waals surface area contributed by atoms with Crippen LogP contribution in [0.25, 0.3) is 0 Å². The molecule has 4 nitrogen and oxygen atoms in total. The fourth-order valence-electron chi connectivity index (χ4n) is 2.70. The van der Waals surface area contributed by atoms with Crippen LogP contribution in [0.1, 0.15) is 24.4 Å². The van der Waals surface area contributed by atoms with Gasteiger partial charge in [0.1, 0.15) is 5.75 Å². The molecule has 0 aromatic heterocycles. The number of methoxy groups -OCH3 is 1. The number of nitrogens with zero attached hydrogens (tertiary/aromatic N) is 1. The molecule has 1 saturated heterocycles. The Morgan fingerprint density at radius 1 is 1.55 bits per heavy atom. The minimum Gasteiger partial charge on any atom is -0.495 e. The van der Waals surface area contributed by atoms with Gasteiger partial charge < -0.3 is 15.2 Å². The fraction of sp³-hybridized carbons (Fsp3) is 0.600. The highest BCUT2D eigenvalue weighted by molar-refractivity contribution is 6.32. The Morgan fingerprint density at radius 3 is 2.90 bits per heavy atom. The zero-order valence-corrected chi connectivity index (χ0v) is 12.9. The van der Waals surface area contributed by atoms with Crippen molar-refractivity contribution in [3.8, 4) is 5.75 Å². The van der Waals surface area contributed by atoms with Crippen LogP contribution in [-0.2, 0) is 4.74 Å². The van der Waals surface area contributed by atoms with Crippen molar-refractivity contribution in [2.45, 2.75) is 25.0 Å². The molecule has 1 fully saturated rings. The van der Waals surface area contributed by atoms with E-state index in [4.69, 9.17) is 26.8 Å². The van der Waals surface area contributed by atoms with E-state index < -0.39 is 0 Å². The average molecular weight is 299 g/mol. The van der Waals surface area contributed by atoms with E-state index in [9.17, 15) is 0 Å². The van der Waals surface area contributed by atoms with Crippen molar-refractivity contribution in [1.82, 2.24) is 4.90 Å². The number of nitrogens with two attached hydrogens (primary N) is 1. The molecule has 2 rings (SSSR count). The van der Waals surface area contributed by atoms with Gasteiger partial charge in [-0.1, -0.05) is 17.7 Å². The van der Waals surface area contributed by atoms with E-state index in [1.54, 1.807) is 7.11 Å². The molecular formula is C15H23ClN2O2. The van der Waals surface area contributed by atoms with Crippen LogP contribution in [0, 0.1) is 0 Å². The van der Waals surface area contributed by atoms with Gasteiger partial charge in [-0.25, -0.2) is 0 Å². The first-order valence-electron chi connectivity index (χ1n) is 7.01. The van der Waals surface area contributed by atoms with Crippen LogP contribution in [-0.4, -0.2) is 44.9 Å². The van der Waals surface area contributed by atoms with Gasteiger partial charge >= 0.3 is 0 Å². The minimum atomic E-state index is 0.141. The number of ether oxygens (including phenoxy) is 2. The van der Waals surface area contributed by atoms with Gasteiger partial charge in [-0.2, -0.15) is 0 Å². The molecule has 1 aromatic carbocycles. The molecule has 112 valence electrons. The van der Waals surface area contributed by atoms with E-state index in [0.29, 0.717) is 23.4 Å². The lowest BCUT2D eigenvalue weighted by atomic mass is 10.0. The number of benzene rings is 1. The molecule has 1 heterocycles. The first-order chi connectivity index (χ1) is 9.65. The number of hydrogen-bond donors (Lipinski definition) is 1. The number of halogens is 1. The molecule has 1 aromatic rings. The predicted molar refractivity (Wildman–Crippen MR) is 81.4 cm³/mol. The van der Waals surface area contributed by atoms with Crippen molar-refractivity contribution in [3.63, 3.8) is 0 Å². The third kappa shape index (κ3) is 3.64. The molecule has 20 heavy (non-hydrogen) atoms. The highest BCUT2D eigenvalue weighted by Crippen LogP contribution is 2.29. The van der Waals surface area contributed by atoms with Gasteiger partial charge in [0.2, 0.25) is 0 Å². The summed E-state index contributed by atoms with van der Waals surface area (Å²) in [5.74, 6) is 0.688. The Labute approximate surface area is 125 Å². The van der Waals surface area contributed by atoms with E-state index in [1.807, 2.05) is 18.2 Å². The molecule has 0 amide bonds. The summed E-state index contributed by atoms with van der Waals surface area (Å²) in [5.41, 5.74) is 7.05. The zero-order chi connectivity index (χ0) is 14.5. The third-order valence-corrected chi connectivity index (χ3v) is 4.13. The van der Waals surface area contributed by atoms with Gasteiger partial charge in [0.25, 0.3) is 0 Å². The summed E-state index contributed by atoms with van der Waals surface area (Å²) in [6.07, 6.45) is 2.60. The first kappa shape index (κ1) is 15.6. The van der Waals surface area contributed by atoms with Crippen LogP contribution < -0.4 is 10.5 Å². The van der Waals surface area contributed by atoms with Crippen LogP contribution in [0.2, 0.25) is 5.02 Å². The van der Waals surface area contributed by atoms with Gasteiger partial charge in [0.15, 0.2) is 0 Å². The van der Waals surface area contributed by atoms with Crippen LogP contribution >= 0.6 is 11.6 Å². The Bertz CT molecular complexity index is 436. The van der Waals surface area contributed by atoms with Crippen molar-refractivity contribution in [2.75, 3.05) is 33.9 Å². The summed E-state index contributed by atoms with van der Waals surface area (Å²) in [7, 11) is 3.70. The third-order valence-electron chi connectivity index (χ3n) is 3.83. The second kappa shape index (κ2) is 7.27. The average Bonchev–Trinajstić information content (AvgIpc) is 2.92. The van der Waals surface area contributed by atoms with Crippen molar-refractivity contribution in [1.29, 1.82) is 0 Å². The van der Waals surface area contributed by atoms with E-state index in [0.717, 1.165) is 31.6 Å². The lowest BCUT2D eigenvalue weighted by Gasteiger charge is -2.29. The summed E-state index contributed by atoms with van der Waals surface area (Å²) in [6, 6.07) is 5.99. The molecule has 2 unspecified atom stereocenters. The lowest BCUT2D eigenvalue weighted by Crippen LogP contribution is -2.36. The highest BCUT2D eigenvalue weighted by Gasteiger charge is 2.22. The van der Waals surface area contributed by atoms with Crippen LogP contribution in [0.4, 0.5) is 0 Å². The maximum absolute atomic E-state index is 6.20. The zero-order valence-electron chi connectivity index (χ0n) is 12.1. The van der Waals surface area contributed by atoms with Crippen molar-refractivity contribution >= 4 is 11.6 Å². The molecule has 2 N–H and O–H groups in total. The molecule has 0 spiro atoms. The molecule has 0 saturated carbocycles. The minimum absolute atomic E-state index is 0.141. The maximum atomic E-state index is 6.20. The largest absolute Gasteiger partial charge is 0.495 e. The van der Waals surface area contributed by atoms with Crippen LogP contribution in [0.5, 0.6) is 5.75 Å². The molecule has 0 aliphatic carbocycles. The SMILES string of the molecule is COc1ccc(C(CN)N(C)CC2CCCO2)cc1Cl. The second-order valence-electron chi connectivity index (χ2n) is 5.22. The standard InChI is InChI=1S/C15H23ClN2O2/c1-18(10-12-4-3-7-20-12)14(9-17)11-5-6-15(19-2)13(16)8-11/h5-6,8,12,14H,3-4,7,9-10,17H2,1-2H3. The van der Waals surface area contributed by atoms with E-state index in [2.05, 4.69) is 11.9 Å². The molecular weight excluding hydrogens is 276 g/mol. The Kier molecular flexibility index (Phi) is 5.66. The van der Waals surface area contributed by atoms with Gasteiger partial charge in [-0.3, -0.25) is 4.90 Å². The van der Waals surface area contributed by atoms with Crippen molar-refractivity contribution < 1.29 is 9.47 Å². The Hall–Kier alpha value is -0.810. The van der Waals surface area contributed by atoms with E-state index >= 15 is 0 Å². The normalized spacial score (nSPS) is 20.4. The summed E-state index contributed by atoms with van der Waals surface area (Å²) in [5, 5.41) is 0.619. The van der Waals surface area contributed by atoms with Crippen LogP contribution in [0.3, 0.4) is 0 Å². The maximum Gasteiger partial charge on any atom is 0.137 e. The topological polar surface area (TPSA) is 47.7 Å². The quantitative estimate of drug-likeness (QED) is 0.876. The van der Waals surface area contributed by atoms with Crippen molar-refractivity contribution in [3.05, 3.63) is 28.8 Å². The van der Waals surface area contributed by atoms with E-state index in [-0.39, 0.29) is 6.04 Å². The van der Waals surface area contributed by atoms with Gasteiger partial charge in [-0.05, 0) is 37.6 Å². The summed E-state index contributed by atoms with van der Waals surface area (Å²) >= 11 is 6.20. The Morgan fingerprint density at radius 2 is 2.35 bits per heavy atom. The monoisotopic (exact) mass is 298 g/mol. The molecule has 1 aliphatic rings. The molecule has 5 heteroatoms. The predicted octanol–water partition coefficient (Wildman–Crippen LogP) is 2.46. The van der Waals surface area contributed by atoms with E-state index in [1.165, 1.54) is 0 Å². The molecule has 1 aliphatic heterocycles.